The summed E-state index contributed by atoms with van der Waals surface area (Å²) in [6, 6.07) is -0.173. The third-order valence-corrected chi connectivity index (χ3v) is 4.61. The largest absolute Gasteiger partial charge is 0.465 e. The number of piperidine rings is 1. The molecule has 1 aliphatic heterocycles. The maximum absolute atomic E-state index is 12.0. The number of alkyl carbamates (subject to hydrolysis) is 1. The fourth-order valence-electron chi connectivity index (χ4n) is 3.57. The first-order chi connectivity index (χ1) is 10.1. The minimum absolute atomic E-state index is 0.173. The van der Waals surface area contributed by atoms with Crippen LogP contribution in [-0.4, -0.2) is 58.1 Å². The molecular formula is C15H26N2O5. The van der Waals surface area contributed by atoms with Crippen molar-refractivity contribution in [2.45, 2.75) is 64.2 Å². The molecule has 1 heterocycles. The summed E-state index contributed by atoms with van der Waals surface area (Å²) in [5, 5.41) is 21.9. The number of carboxylic acid groups (broad SMARTS) is 1. The number of hydrogen-bond acceptors (Lipinski definition) is 4. The van der Waals surface area contributed by atoms with Crippen LogP contribution in [0.5, 0.6) is 0 Å². The molecule has 1 saturated heterocycles. The van der Waals surface area contributed by atoms with Gasteiger partial charge in [0.15, 0.2) is 0 Å². The van der Waals surface area contributed by atoms with Crippen molar-refractivity contribution < 1.29 is 24.5 Å². The molecule has 2 rings (SSSR count). The number of nitrogens with zero attached hydrogens (tertiary/aromatic N) is 1. The van der Waals surface area contributed by atoms with Crippen LogP contribution in [0.2, 0.25) is 0 Å². The highest BCUT2D eigenvalue weighted by Gasteiger charge is 2.49. The molecule has 0 radical (unpaired) electrons. The number of nitrogens with one attached hydrogen (secondary N) is 1. The van der Waals surface area contributed by atoms with E-state index in [-0.39, 0.29) is 11.5 Å². The number of ether oxygens (including phenoxy) is 1. The lowest BCUT2D eigenvalue weighted by Gasteiger charge is -2.42. The van der Waals surface area contributed by atoms with Crippen LogP contribution in [-0.2, 0) is 4.74 Å². The van der Waals surface area contributed by atoms with Crippen molar-refractivity contribution in [1.82, 2.24) is 10.2 Å². The number of aliphatic hydroxyl groups excluding tert-OH is 1. The standard InChI is InChI=1S/C15H26N2O5/c1-14(2,3)22-12(19)16-11-8-10(18)9-15(11)4-6-17(7-5-15)13(20)21/h10-11,18H,4-9H2,1-3H3,(H,16,19)(H,20,21)/t10-,11+/m0/s1. The number of aliphatic hydroxyl groups is 1. The molecule has 3 N–H and O–H groups in total. The van der Waals surface area contributed by atoms with Crippen molar-refractivity contribution in [1.29, 1.82) is 0 Å². The summed E-state index contributed by atoms with van der Waals surface area (Å²) in [7, 11) is 0. The summed E-state index contributed by atoms with van der Waals surface area (Å²) in [5.74, 6) is 0. The topological polar surface area (TPSA) is 99.1 Å². The fraction of sp³-hybridized carbons (Fsp3) is 0.867. The number of amides is 2. The number of likely N-dealkylation sites (tertiary alicyclic amines) is 1. The van der Waals surface area contributed by atoms with Gasteiger partial charge in [-0.1, -0.05) is 0 Å². The molecule has 0 unspecified atom stereocenters. The van der Waals surface area contributed by atoms with Crippen molar-refractivity contribution in [2.75, 3.05) is 13.1 Å². The summed E-state index contributed by atoms with van der Waals surface area (Å²) in [6.07, 6.45) is 0.536. The quantitative estimate of drug-likeness (QED) is 0.685. The Bertz CT molecular complexity index is 438. The predicted octanol–water partition coefficient (Wildman–Crippen LogP) is 1.79. The minimum atomic E-state index is -0.912. The summed E-state index contributed by atoms with van der Waals surface area (Å²) < 4.78 is 5.29. The predicted molar refractivity (Wildman–Crippen MR) is 79.7 cm³/mol. The normalized spacial score (nSPS) is 27.7. The Morgan fingerprint density at radius 1 is 1.27 bits per heavy atom. The first kappa shape index (κ1) is 16.9. The molecule has 0 aromatic heterocycles. The van der Waals surface area contributed by atoms with Gasteiger partial charge in [0.1, 0.15) is 5.60 Å². The van der Waals surface area contributed by atoms with Crippen molar-refractivity contribution in [3.63, 3.8) is 0 Å². The van der Waals surface area contributed by atoms with Gasteiger partial charge in [-0.25, -0.2) is 9.59 Å². The summed E-state index contributed by atoms with van der Waals surface area (Å²) >= 11 is 0. The van der Waals surface area contributed by atoms with Crippen LogP contribution in [0.1, 0.15) is 46.5 Å². The molecule has 1 aliphatic carbocycles. The average Bonchev–Trinajstić information content (AvgIpc) is 2.63. The number of carbonyl (C=O) groups is 2. The lowest BCUT2D eigenvalue weighted by Crippen LogP contribution is -2.51. The second-order valence-electron chi connectivity index (χ2n) is 7.42. The van der Waals surface area contributed by atoms with Gasteiger partial charge in [0.25, 0.3) is 0 Å². The van der Waals surface area contributed by atoms with Gasteiger partial charge in [-0.3, -0.25) is 0 Å². The smallest absolute Gasteiger partial charge is 0.407 e. The van der Waals surface area contributed by atoms with Crippen LogP contribution in [0.15, 0.2) is 0 Å². The first-order valence-electron chi connectivity index (χ1n) is 7.77. The third kappa shape index (κ3) is 3.82. The second kappa shape index (κ2) is 5.95. The van der Waals surface area contributed by atoms with E-state index in [1.807, 2.05) is 0 Å². The van der Waals surface area contributed by atoms with Crippen molar-refractivity contribution in [3.8, 4) is 0 Å². The highest BCUT2D eigenvalue weighted by atomic mass is 16.6. The van der Waals surface area contributed by atoms with E-state index >= 15 is 0 Å². The maximum atomic E-state index is 12.0. The highest BCUT2D eigenvalue weighted by Crippen LogP contribution is 2.46. The minimum Gasteiger partial charge on any atom is -0.465 e. The molecule has 2 atom stereocenters. The van der Waals surface area contributed by atoms with Gasteiger partial charge in [0, 0.05) is 19.1 Å². The number of hydrogen-bond donors (Lipinski definition) is 3. The molecule has 1 saturated carbocycles. The Morgan fingerprint density at radius 2 is 1.86 bits per heavy atom. The first-order valence-corrected chi connectivity index (χ1v) is 7.77. The van der Waals surface area contributed by atoms with Crippen LogP contribution in [0.3, 0.4) is 0 Å². The molecular weight excluding hydrogens is 288 g/mol. The molecule has 22 heavy (non-hydrogen) atoms. The van der Waals surface area contributed by atoms with Crippen LogP contribution in [0.25, 0.3) is 0 Å². The van der Waals surface area contributed by atoms with Crippen molar-refractivity contribution >= 4 is 12.2 Å². The Kier molecular flexibility index (Phi) is 4.56. The van der Waals surface area contributed by atoms with E-state index in [9.17, 15) is 14.7 Å². The lowest BCUT2D eigenvalue weighted by molar-refractivity contribution is 0.0369. The molecule has 1 spiro atoms. The van der Waals surface area contributed by atoms with Crippen LogP contribution < -0.4 is 5.32 Å². The summed E-state index contributed by atoms with van der Waals surface area (Å²) in [4.78, 5) is 24.4. The molecule has 7 nitrogen and oxygen atoms in total. The average molecular weight is 314 g/mol. The van der Waals surface area contributed by atoms with E-state index < -0.39 is 23.9 Å². The van der Waals surface area contributed by atoms with E-state index in [1.54, 1.807) is 20.8 Å². The third-order valence-electron chi connectivity index (χ3n) is 4.61. The van der Waals surface area contributed by atoms with Gasteiger partial charge in [-0.15, -0.1) is 0 Å². The molecule has 2 aliphatic rings. The molecule has 7 heteroatoms. The van der Waals surface area contributed by atoms with Crippen LogP contribution >= 0.6 is 0 Å². The Hall–Kier alpha value is -1.50. The zero-order valence-electron chi connectivity index (χ0n) is 13.5. The van der Waals surface area contributed by atoms with E-state index in [1.165, 1.54) is 4.90 Å². The zero-order chi connectivity index (χ0) is 16.5. The molecule has 0 aromatic rings. The summed E-state index contributed by atoms with van der Waals surface area (Å²) in [5.41, 5.74) is -0.802. The van der Waals surface area contributed by atoms with Gasteiger partial charge < -0.3 is 25.2 Å². The highest BCUT2D eigenvalue weighted by molar-refractivity contribution is 5.68. The van der Waals surface area contributed by atoms with E-state index in [2.05, 4.69) is 5.32 Å². The Labute approximate surface area is 130 Å². The van der Waals surface area contributed by atoms with Gasteiger partial charge in [0.2, 0.25) is 0 Å². The van der Waals surface area contributed by atoms with E-state index in [0.717, 1.165) is 0 Å². The number of rotatable bonds is 1. The maximum Gasteiger partial charge on any atom is 0.407 e. The molecule has 0 aromatic carbocycles. The molecule has 126 valence electrons. The molecule has 2 fully saturated rings. The fourth-order valence-corrected chi connectivity index (χ4v) is 3.57. The SMILES string of the molecule is CC(C)(C)OC(=O)N[C@@H]1C[C@H](O)CC12CCN(C(=O)O)CC2. The van der Waals surface area contributed by atoms with Crippen molar-refractivity contribution in [2.24, 2.45) is 5.41 Å². The Morgan fingerprint density at radius 3 is 2.36 bits per heavy atom. The van der Waals surface area contributed by atoms with Crippen LogP contribution in [0, 0.1) is 5.41 Å². The van der Waals surface area contributed by atoms with Crippen molar-refractivity contribution in [3.05, 3.63) is 0 Å². The lowest BCUT2D eigenvalue weighted by atomic mass is 9.74. The van der Waals surface area contributed by atoms with Gasteiger partial charge in [0.05, 0.1) is 6.10 Å². The summed E-state index contributed by atoms with van der Waals surface area (Å²) in [6.45, 7) is 6.29. The van der Waals surface area contributed by atoms with Crippen LogP contribution in [0.4, 0.5) is 9.59 Å². The van der Waals surface area contributed by atoms with Gasteiger partial charge >= 0.3 is 12.2 Å². The zero-order valence-corrected chi connectivity index (χ0v) is 13.5. The van der Waals surface area contributed by atoms with Gasteiger partial charge in [-0.2, -0.15) is 0 Å². The molecule has 0 bridgehead atoms. The van der Waals surface area contributed by atoms with Gasteiger partial charge in [-0.05, 0) is 51.9 Å². The van der Waals surface area contributed by atoms with E-state index in [0.29, 0.717) is 38.8 Å². The number of carbonyl (C=O) groups excluding carboxylic acids is 1. The molecule has 2 amide bonds. The van der Waals surface area contributed by atoms with E-state index in [4.69, 9.17) is 9.84 Å². The Balaban J connectivity index is 2.01. The second-order valence-corrected chi connectivity index (χ2v) is 7.42. The monoisotopic (exact) mass is 314 g/mol.